The SMILES string of the molecule is C[C@]1(C#N)C[C@@H]2C(=O)COc3ccccc3[C@H]21. The Kier molecular flexibility index (Phi) is 2.03. The van der Waals surface area contributed by atoms with Gasteiger partial charge in [-0.1, -0.05) is 18.2 Å². The largest absolute Gasteiger partial charge is 0.486 e. The molecular formula is C14H13NO2. The molecule has 1 aliphatic carbocycles. The van der Waals surface area contributed by atoms with E-state index in [-0.39, 0.29) is 24.2 Å². The summed E-state index contributed by atoms with van der Waals surface area (Å²) in [5.41, 5.74) is 0.586. The van der Waals surface area contributed by atoms with Gasteiger partial charge in [0.05, 0.1) is 11.5 Å². The number of Topliss-reactive ketones (excluding diaryl/α,β-unsaturated/α-hetero) is 1. The molecule has 3 rings (SSSR count). The van der Waals surface area contributed by atoms with Gasteiger partial charge in [0.25, 0.3) is 0 Å². The Morgan fingerprint density at radius 3 is 3.00 bits per heavy atom. The summed E-state index contributed by atoms with van der Waals surface area (Å²) in [6.07, 6.45) is 0.657. The Morgan fingerprint density at radius 2 is 2.24 bits per heavy atom. The van der Waals surface area contributed by atoms with Crippen molar-refractivity contribution < 1.29 is 9.53 Å². The Labute approximate surface area is 100 Å². The summed E-state index contributed by atoms with van der Waals surface area (Å²) in [6.45, 7) is 2.07. The molecule has 0 radical (unpaired) electrons. The highest BCUT2D eigenvalue weighted by molar-refractivity contribution is 5.86. The molecule has 1 saturated carbocycles. The van der Waals surface area contributed by atoms with E-state index in [9.17, 15) is 10.1 Å². The second kappa shape index (κ2) is 3.33. The number of hydrogen-bond acceptors (Lipinski definition) is 3. The van der Waals surface area contributed by atoms with Gasteiger partial charge in [0.15, 0.2) is 5.78 Å². The Morgan fingerprint density at radius 1 is 1.47 bits per heavy atom. The summed E-state index contributed by atoms with van der Waals surface area (Å²) < 4.78 is 5.52. The Bertz CT molecular complexity index is 531. The molecule has 3 nitrogen and oxygen atoms in total. The summed E-state index contributed by atoms with van der Waals surface area (Å²) in [5, 5.41) is 9.29. The molecule has 17 heavy (non-hydrogen) atoms. The predicted molar refractivity (Wildman–Crippen MR) is 61.5 cm³/mol. The van der Waals surface area contributed by atoms with Gasteiger partial charge in [-0.25, -0.2) is 0 Å². The highest BCUT2D eigenvalue weighted by atomic mass is 16.5. The smallest absolute Gasteiger partial charge is 0.173 e. The summed E-state index contributed by atoms with van der Waals surface area (Å²) in [7, 11) is 0. The van der Waals surface area contributed by atoms with Gasteiger partial charge in [-0.15, -0.1) is 0 Å². The first-order valence-electron chi connectivity index (χ1n) is 5.81. The molecule has 1 fully saturated rings. The van der Waals surface area contributed by atoms with E-state index in [1.54, 1.807) is 0 Å². The van der Waals surface area contributed by atoms with Crippen molar-refractivity contribution in [1.29, 1.82) is 5.26 Å². The number of para-hydroxylation sites is 1. The summed E-state index contributed by atoms with van der Waals surface area (Å²) in [5.74, 6) is 0.843. The third-order valence-corrected chi connectivity index (χ3v) is 4.03. The number of hydrogen-bond donors (Lipinski definition) is 0. The van der Waals surface area contributed by atoms with Gasteiger partial charge in [0.1, 0.15) is 12.4 Å². The summed E-state index contributed by atoms with van der Waals surface area (Å²) in [4.78, 5) is 11.9. The average molecular weight is 227 g/mol. The van der Waals surface area contributed by atoms with Gasteiger partial charge in [-0.2, -0.15) is 5.26 Å². The monoisotopic (exact) mass is 227 g/mol. The topological polar surface area (TPSA) is 50.1 Å². The lowest BCUT2D eigenvalue weighted by Gasteiger charge is -2.47. The van der Waals surface area contributed by atoms with E-state index in [0.29, 0.717) is 6.42 Å². The van der Waals surface area contributed by atoms with Crippen LogP contribution in [0, 0.1) is 22.7 Å². The lowest BCUT2D eigenvalue weighted by molar-refractivity contribution is -0.131. The lowest BCUT2D eigenvalue weighted by atomic mass is 9.52. The van der Waals surface area contributed by atoms with Gasteiger partial charge in [-0.05, 0) is 25.0 Å². The molecule has 0 N–H and O–H groups in total. The van der Waals surface area contributed by atoms with Gasteiger partial charge in [0, 0.05) is 11.8 Å². The Hall–Kier alpha value is -1.82. The molecule has 1 aromatic carbocycles. The van der Waals surface area contributed by atoms with E-state index in [1.807, 2.05) is 31.2 Å². The molecule has 0 aromatic heterocycles. The number of ether oxygens (including phenoxy) is 1. The maximum Gasteiger partial charge on any atom is 0.173 e. The zero-order chi connectivity index (χ0) is 12.0. The molecule has 0 amide bonds. The number of carbonyl (C=O) groups excluding carboxylic acids is 1. The molecule has 1 heterocycles. The van der Waals surface area contributed by atoms with Gasteiger partial charge in [0.2, 0.25) is 0 Å². The van der Waals surface area contributed by atoms with Crippen LogP contribution in [0.25, 0.3) is 0 Å². The number of benzene rings is 1. The number of fused-ring (bicyclic) bond motifs is 3. The number of nitrogens with zero attached hydrogens (tertiary/aromatic N) is 1. The van der Waals surface area contributed by atoms with E-state index in [4.69, 9.17) is 4.74 Å². The van der Waals surface area contributed by atoms with Crippen LogP contribution in [0.5, 0.6) is 5.75 Å². The first kappa shape index (κ1) is 10.3. The van der Waals surface area contributed by atoms with Crippen LogP contribution in [0.15, 0.2) is 24.3 Å². The summed E-state index contributed by atoms with van der Waals surface area (Å²) >= 11 is 0. The van der Waals surface area contributed by atoms with Gasteiger partial charge >= 0.3 is 0 Å². The van der Waals surface area contributed by atoms with Crippen LogP contribution in [-0.4, -0.2) is 12.4 Å². The maximum atomic E-state index is 11.9. The van der Waals surface area contributed by atoms with Crippen LogP contribution in [0.2, 0.25) is 0 Å². The molecule has 0 bridgehead atoms. The molecule has 3 atom stereocenters. The summed E-state index contributed by atoms with van der Waals surface area (Å²) in [6, 6.07) is 10.0. The van der Waals surface area contributed by atoms with Crippen molar-refractivity contribution in [3.8, 4) is 11.8 Å². The van der Waals surface area contributed by atoms with Crippen molar-refractivity contribution in [1.82, 2.24) is 0 Å². The molecular weight excluding hydrogens is 214 g/mol. The van der Waals surface area contributed by atoms with Crippen molar-refractivity contribution in [2.24, 2.45) is 11.3 Å². The zero-order valence-corrected chi connectivity index (χ0v) is 9.64. The van der Waals surface area contributed by atoms with Gasteiger partial charge in [-0.3, -0.25) is 4.79 Å². The van der Waals surface area contributed by atoms with Crippen LogP contribution < -0.4 is 4.74 Å². The first-order chi connectivity index (χ1) is 8.15. The zero-order valence-electron chi connectivity index (χ0n) is 9.64. The maximum absolute atomic E-state index is 11.9. The van der Waals surface area contributed by atoms with E-state index in [2.05, 4.69) is 6.07 Å². The quantitative estimate of drug-likeness (QED) is 0.683. The molecule has 3 heteroatoms. The number of ketones is 1. The van der Waals surface area contributed by atoms with Crippen molar-refractivity contribution in [3.63, 3.8) is 0 Å². The normalized spacial score (nSPS) is 34.5. The van der Waals surface area contributed by atoms with Crippen LogP contribution in [0.4, 0.5) is 0 Å². The minimum absolute atomic E-state index is 0.00120. The minimum atomic E-state index is -0.426. The van der Waals surface area contributed by atoms with Crippen molar-refractivity contribution in [3.05, 3.63) is 29.8 Å². The molecule has 0 unspecified atom stereocenters. The van der Waals surface area contributed by atoms with E-state index in [1.165, 1.54) is 0 Å². The molecule has 1 aliphatic heterocycles. The highest BCUT2D eigenvalue weighted by Gasteiger charge is 2.56. The van der Waals surface area contributed by atoms with Crippen LogP contribution in [0.3, 0.4) is 0 Å². The standard InChI is InChI=1S/C14H13NO2/c1-14(8-15)6-10-11(16)7-17-12-5-3-2-4-9(12)13(10)14/h2-5,10,13H,6-7H2,1H3/t10-,13-,14-/m1/s1. The van der Waals surface area contributed by atoms with Crippen LogP contribution in [-0.2, 0) is 4.79 Å². The fraction of sp³-hybridized carbons (Fsp3) is 0.429. The van der Waals surface area contributed by atoms with Crippen molar-refractivity contribution in [2.45, 2.75) is 19.3 Å². The Balaban J connectivity index is 2.12. The molecule has 86 valence electrons. The third kappa shape index (κ3) is 1.30. The second-order valence-electron chi connectivity index (χ2n) is 5.11. The van der Waals surface area contributed by atoms with Crippen LogP contribution >= 0.6 is 0 Å². The fourth-order valence-corrected chi connectivity index (χ4v) is 3.08. The molecule has 0 saturated heterocycles. The van der Waals surface area contributed by atoms with Gasteiger partial charge < -0.3 is 4.74 Å². The minimum Gasteiger partial charge on any atom is -0.486 e. The van der Waals surface area contributed by atoms with E-state index >= 15 is 0 Å². The predicted octanol–water partition coefficient (Wildman–Crippen LogP) is 2.28. The molecule has 2 aliphatic rings. The van der Waals surface area contributed by atoms with Crippen molar-refractivity contribution in [2.75, 3.05) is 6.61 Å². The lowest BCUT2D eigenvalue weighted by Crippen LogP contribution is -2.46. The van der Waals surface area contributed by atoms with E-state index in [0.717, 1.165) is 11.3 Å². The van der Waals surface area contributed by atoms with E-state index < -0.39 is 5.41 Å². The first-order valence-corrected chi connectivity index (χ1v) is 5.81. The van der Waals surface area contributed by atoms with Crippen LogP contribution in [0.1, 0.15) is 24.8 Å². The third-order valence-electron chi connectivity index (χ3n) is 4.03. The highest BCUT2D eigenvalue weighted by Crippen LogP contribution is 2.59. The number of rotatable bonds is 0. The average Bonchev–Trinajstić information content (AvgIpc) is 2.44. The van der Waals surface area contributed by atoms with Crippen molar-refractivity contribution >= 4 is 5.78 Å². The second-order valence-corrected chi connectivity index (χ2v) is 5.11. The molecule has 1 aromatic rings. The fourth-order valence-electron chi connectivity index (χ4n) is 3.08. The number of nitriles is 1. The molecule has 0 spiro atoms. The number of carbonyl (C=O) groups is 1.